The van der Waals surface area contributed by atoms with E-state index in [0.29, 0.717) is 22.4 Å². The highest BCUT2D eigenvalue weighted by molar-refractivity contribution is 6.36. The molecule has 1 aromatic heterocycles. The molecule has 6 nitrogen and oxygen atoms in total. The number of nitrogens with zero attached hydrogens (tertiary/aromatic N) is 1. The highest BCUT2D eigenvalue weighted by atomic mass is 19.1. The van der Waals surface area contributed by atoms with E-state index in [2.05, 4.69) is 20.5 Å². The summed E-state index contributed by atoms with van der Waals surface area (Å²) in [7, 11) is 0. The SMILES string of the molecule is Cc1[nH]c(C=C2C(=O)Nc3c2cccc3-c2c(F)cccc2F)c(C)c1NCCN1CCOCC1. The van der Waals surface area contributed by atoms with Crippen LogP contribution in [0.5, 0.6) is 0 Å². The van der Waals surface area contributed by atoms with Crippen LogP contribution in [0.3, 0.4) is 0 Å². The van der Waals surface area contributed by atoms with E-state index >= 15 is 0 Å². The van der Waals surface area contributed by atoms with E-state index in [9.17, 15) is 13.6 Å². The molecular weight excluding hydrogens is 450 g/mol. The van der Waals surface area contributed by atoms with Gasteiger partial charge in [-0.1, -0.05) is 24.3 Å². The summed E-state index contributed by atoms with van der Waals surface area (Å²) in [6.45, 7) is 9.16. The Morgan fingerprint density at radius 3 is 2.49 bits per heavy atom. The molecule has 1 amide bonds. The van der Waals surface area contributed by atoms with Gasteiger partial charge in [0.2, 0.25) is 0 Å². The number of aryl methyl sites for hydroxylation is 1. The number of para-hydroxylation sites is 1. The molecule has 0 bridgehead atoms. The summed E-state index contributed by atoms with van der Waals surface area (Å²) in [6, 6.07) is 8.86. The molecule has 0 radical (unpaired) electrons. The first-order chi connectivity index (χ1) is 16.9. The molecule has 1 fully saturated rings. The predicted octanol–water partition coefficient (Wildman–Crippen LogP) is 4.81. The zero-order valence-corrected chi connectivity index (χ0v) is 19.8. The molecule has 35 heavy (non-hydrogen) atoms. The molecular formula is C27H28F2N4O2. The minimum Gasteiger partial charge on any atom is -0.382 e. The largest absolute Gasteiger partial charge is 0.382 e. The monoisotopic (exact) mass is 478 g/mol. The zero-order valence-electron chi connectivity index (χ0n) is 19.8. The van der Waals surface area contributed by atoms with Crippen LogP contribution in [0.4, 0.5) is 20.2 Å². The minimum atomic E-state index is -0.672. The summed E-state index contributed by atoms with van der Waals surface area (Å²) >= 11 is 0. The fourth-order valence-electron chi connectivity index (χ4n) is 4.81. The van der Waals surface area contributed by atoms with E-state index in [1.807, 2.05) is 13.8 Å². The molecule has 3 N–H and O–H groups in total. The minimum absolute atomic E-state index is 0.149. The zero-order chi connectivity index (χ0) is 24.5. The van der Waals surface area contributed by atoms with Gasteiger partial charge < -0.3 is 20.4 Å². The van der Waals surface area contributed by atoms with E-state index in [0.717, 1.165) is 62.0 Å². The van der Waals surface area contributed by atoms with Crippen LogP contribution < -0.4 is 10.6 Å². The number of rotatable bonds is 6. The van der Waals surface area contributed by atoms with Gasteiger partial charge in [0.15, 0.2) is 0 Å². The second-order valence-corrected chi connectivity index (χ2v) is 8.88. The molecule has 5 rings (SSSR count). The number of aromatic nitrogens is 1. The van der Waals surface area contributed by atoms with Gasteiger partial charge in [0.25, 0.3) is 5.91 Å². The maximum Gasteiger partial charge on any atom is 0.256 e. The Kier molecular flexibility index (Phi) is 6.40. The van der Waals surface area contributed by atoms with Gasteiger partial charge in [0, 0.05) is 48.7 Å². The molecule has 0 spiro atoms. The Labute approximate surface area is 203 Å². The van der Waals surface area contributed by atoms with Crippen LogP contribution in [0.25, 0.3) is 22.8 Å². The maximum absolute atomic E-state index is 14.5. The van der Waals surface area contributed by atoms with Crippen molar-refractivity contribution in [3.8, 4) is 11.1 Å². The number of ether oxygens (including phenoxy) is 1. The molecule has 2 aromatic carbocycles. The van der Waals surface area contributed by atoms with Gasteiger partial charge in [-0.15, -0.1) is 0 Å². The standard InChI is InChI=1S/C27H28F2N4O2/c1-16-23(31-17(2)25(16)30-9-10-33-11-13-35-14-12-33)15-20-18-5-3-6-19(26(18)32-27(20)34)24-21(28)7-4-8-22(24)29/h3-8,15,30-31H,9-14H2,1-2H3,(H,32,34). The smallest absolute Gasteiger partial charge is 0.256 e. The summed E-state index contributed by atoms with van der Waals surface area (Å²) < 4.78 is 34.4. The average molecular weight is 479 g/mol. The van der Waals surface area contributed by atoms with E-state index in [-0.39, 0.29) is 11.5 Å². The van der Waals surface area contributed by atoms with E-state index in [4.69, 9.17) is 4.74 Å². The normalized spacial score (nSPS) is 17.0. The Morgan fingerprint density at radius 1 is 1.06 bits per heavy atom. The molecule has 0 saturated carbocycles. The van der Waals surface area contributed by atoms with Gasteiger partial charge in [0.05, 0.1) is 35.7 Å². The maximum atomic E-state index is 14.5. The van der Waals surface area contributed by atoms with Gasteiger partial charge in [0.1, 0.15) is 11.6 Å². The highest BCUT2D eigenvalue weighted by Gasteiger charge is 2.29. The second kappa shape index (κ2) is 9.64. The van der Waals surface area contributed by atoms with Crippen molar-refractivity contribution in [3.63, 3.8) is 0 Å². The summed E-state index contributed by atoms with van der Waals surface area (Å²) in [5.41, 5.74) is 5.47. The van der Waals surface area contributed by atoms with Crippen LogP contribution in [0, 0.1) is 25.5 Å². The number of hydrogen-bond donors (Lipinski definition) is 3. The highest BCUT2D eigenvalue weighted by Crippen LogP contribution is 2.42. The summed E-state index contributed by atoms with van der Waals surface area (Å²) in [4.78, 5) is 18.7. The van der Waals surface area contributed by atoms with E-state index < -0.39 is 11.6 Å². The number of halogens is 2. The first-order valence-electron chi connectivity index (χ1n) is 11.8. The Hall–Kier alpha value is -3.49. The lowest BCUT2D eigenvalue weighted by Crippen LogP contribution is -2.39. The van der Waals surface area contributed by atoms with Crippen molar-refractivity contribution in [2.75, 3.05) is 50.0 Å². The van der Waals surface area contributed by atoms with Gasteiger partial charge >= 0.3 is 0 Å². The number of anilines is 2. The van der Waals surface area contributed by atoms with Crippen LogP contribution in [0.15, 0.2) is 36.4 Å². The third kappa shape index (κ3) is 4.47. The Balaban J connectivity index is 1.43. The summed E-state index contributed by atoms with van der Waals surface area (Å²) in [6.07, 6.45) is 1.80. The van der Waals surface area contributed by atoms with Crippen LogP contribution in [0.1, 0.15) is 22.5 Å². The Bertz CT molecular complexity index is 1290. The summed E-state index contributed by atoms with van der Waals surface area (Å²) in [5, 5.41) is 6.34. The van der Waals surface area contributed by atoms with Crippen molar-refractivity contribution >= 4 is 28.9 Å². The number of hydrogen-bond acceptors (Lipinski definition) is 4. The second-order valence-electron chi connectivity index (χ2n) is 8.88. The third-order valence-electron chi connectivity index (χ3n) is 6.67. The molecule has 0 atom stereocenters. The predicted molar refractivity (Wildman–Crippen MR) is 134 cm³/mol. The van der Waals surface area contributed by atoms with Crippen molar-refractivity contribution in [1.29, 1.82) is 0 Å². The molecule has 3 heterocycles. The van der Waals surface area contributed by atoms with Gasteiger partial charge in [-0.25, -0.2) is 8.78 Å². The number of amides is 1. The number of carbonyl (C=O) groups is 1. The number of aromatic amines is 1. The van der Waals surface area contributed by atoms with Crippen LogP contribution in [-0.4, -0.2) is 55.2 Å². The molecule has 2 aliphatic rings. The number of nitrogens with one attached hydrogen (secondary N) is 3. The van der Waals surface area contributed by atoms with Crippen molar-refractivity contribution in [3.05, 3.63) is 70.5 Å². The fourth-order valence-corrected chi connectivity index (χ4v) is 4.81. The van der Waals surface area contributed by atoms with Crippen LogP contribution in [0.2, 0.25) is 0 Å². The van der Waals surface area contributed by atoms with Crippen molar-refractivity contribution < 1.29 is 18.3 Å². The quantitative estimate of drug-likeness (QED) is 0.445. The number of fused-ring (bicyclic) bond motifs is 1. The molecule has 0 aliphatic carbocycles. The topological polar surface area (TPSA) is 69.4 Å². The molecule has 2 aliphatic heterocycles. The number of H-pyrrole nitrogens is 1. The van der Waals surface area contributed by atoms with Crippen molar-refractivity contribution in [2.24, 2.45) is 0 Å². The lowest BCUT2D eigenvalue weighted by molar-refractivity contribution is -0.110. The number of morpholine rings is 1. The van der Waals surface area contributed by atoms with Crippen molar-refractivity contribution in [1.82, 2.24) is 9.88 Å². The Morgan fingerprint density at radius 2 is 1.74 bits per heavy atom. The third-order valence-corrected chi connectivity index (χ3v) is 6.67. The lowest BCUT2D eigenvalue weighted by atomic mass is 9.97. The molecule has 8 heteroatoms. The molecule has 3 aromatic rings. The first-order valence-corrected chi connectivity index (χ1v) is 11.8. The van der Waals surface area contributed by atoms with Gasteiger partial charge in [-0.05, 0) is 37.6 Å². The van der Waals surface area contributed by atoms with Gasteiger partial charge in [-0.2, -0.15) is 0 Å². The fraction of sp³-hybridized carbons (Fsp3) is 0.296. The summed E-state index contributed by atoms with van der Waals surface area (Å²) in [5.74, 6) is -1.65. The van der Waals surface area contributed by atoms with E-state index in [1.54, 1.807) is 24.3 Å². The van der Waals surface area contributed by atoms with Gasteiger partial charge in [-0.3, -0.25) is 9.69 Å². The molecule has 0 unspecified atom stereocenters. The lowest BCUT2D eigenvalue weighted by Gasteiger charge is -2.26. The van der Waals surface area contributed by atoms with E-state index in [1.165, 1.54) is 18.2 Å². The molecule has 182 valence electrons. The van der Waals surface area contributed by atoms with Crippen LogP contribution >= 0.6 is 0 Å². The van der Waals surface area contributed by atoms with Crippen molar-refractivity contribution in [2.45, 2.75) is 13.8 Å². The average Bonchev–Trinajstić information content (AvgIpc) is 3.30. The first kappa shape index (κ1) is 23.3. The number of benzene rings is 2. The molecule has 1 saturated heterocycles. The number of carbonyl (C=O) groups excluding carboxylic acids is 1. The van der Waals surface area contributed by atoms with Crippen LogP contribution in [-0.2, 0) is 9.53 Å².